The van der Waals surface area contributed by atoms with E-state index in [2.05, 4.69) is 48.9 Å². The second-order valence-electron chi connectivity index (χ2n) is 8.16. The minimum Gasteiger partial charge on any atom is -0.497 e. The van der Waals surface area contributed by atoms with Gasteiger partial charge in [-0.05, 0) is 39.3 Å². The van der Waals surface area contributed by atoms with Gasteiger partial charge in [0.05, 0.1) is 32.9 Å². The summed E-state index contributed by atoms with van der Waals surface area (Å²) in [6.45, 7) is 6.91. The predicted molar refractivity (Wildman–Crippen MR) is 138 cm³/mol. The van der Waals surface area contributed by atoms with E-state index in [0.717, 1.165) is 12.4 Å². The Morgan fingerprint density at radius 3 is 2.06 bits per heavy atom. The van der Waals surface area contributed by atoms with E-state index in [1.807, 2.05) is 42.5 Å². The molecule has 2 aliphatic rings. The standard InChI is InChI=1S/C9H13N3O4.C8H10O.C7H8.C3H6O/c13-4-3-10-8(15)5-11-9(16)6-1-2-7(14)12-6;1-7-3-5-8(9-2)6-4-7;1-7-5-3-2-4-6-7;1-3-2-4-3/h4,6H,1-3,5H2,(H,10,15)(H,11,16)(H,12,14);3-6H,1-2H3;2-6H,1H3;3H,2H2,1H3. The molecule has 0 aliphatic carbocycles. The first-order chi connectivity index (χ1) is 17.2. The largest absolute Gasteiger partial charge is 0.497 e. The summed E-state index contributed by atoms with van der Waals surface area (Å²) in [5.41, 5.74) is 2.58. The Morgan fingerprint density at radius 2 is 1.64 bits per heavy atom. The summed E-state index contributed by atoms with van der Waals surface area (Å²) in [5, 5.41) is 7.13. The van der Waals surface area contributed by atoms with Gasteiger partial charge in [-0.2, -0.15) is 0 Å². The highest BCUT2D eigenvalue weighted by Gasteiger charge is 2.27. The molecule has 2 atom stereocenters. The summed E-state index contributed by atoms with van der Waals surface area (Å²) in [6, 6.07) is 17.7. The van der Waals surface area contributed by atoms with Crippen molar-refractivity contribution in [2.24, 2.45) is 0 Å². The second-order valence-corrected chi connectivity index (χ2v) is 8.16. The quantitative estimate of drug-likeness (QED) is 0.413. The van der Waals surface area contributed by atoms with Gasteiger partial charge in [-0.25, -0.2) is 0 Å². The number of carbonyl (C=O) groups is 4. The zero-order valence-electron chi connectivity index (χ0n) is 21.4. The van der Waals surface area contributed by atoms with Crippen LogP contribution in [0.3, 0.4) is 0 Å². The van der Waals surface area contributed by atoms with Gasteiger partial charge in [0.2, 0.25) is 17.7 Å². The summed E-state index contributed by atoms with van der Waals surface area (Å²) in [5.74, 6) is -0.0666. The third kappa shape index (κ3) is 15.2. The number of benzene rings is 2. The van der Waals surface area contributed by atoms with Crippen molar-refractivity contribution in [3.63, 3.8) is 0 Å². The maximum Gasteiger partial charge on any atom is 0.243 e. The van der Waals surface area contributed by atoms with E-state index in [9.17, 15) is 19.2 Å². The lowest BCUT2D eigenvalue weighted by molar-refractivity contribution is -0.128. The lowest BCUT2D eigenvalue weighted by Crippen LogP contribution is -2.45. The molecule has 2 aliphatic heterocycles. The number of methoxy groups -OCH3 is 1. The molecule has 196 valence electrons. The van der Waals surface area contributed by atoms with Gasteiger partial charge in [0.25, 0.3) is 0 Å². The van der Waals surface area contributed by atoms with Gasteiger partial charge in [0.15, 0.2) is 0 Å². The normalized spacial score (nSPS) is 16.7. The van der Waals surface area contributed by atoms with Crippen LogP contribution in [0.5, 0.6) is 5.75 Å². The van der Waals surface area contributed by atoms with Gasteiger partial charge in [-0.1, -0.05) is 53.6 Å². The van der Waals surface area contributed by atoms with Gasteiger partial charge in [0, 0.05) is 6.42 Å². The Balaban J connectivity index is 0.000000270. The van der Waals surface area contributed by atoms with Crippen LogP contribution in [-0.4, -0.2) is 63.0 Å². The number of ether oxygens (including phenoxy) is 2. The number of rotatable bonds is 6. The molecule has 4 rings (SSSR count). The average Bonchev–Trinajstić information content (AvgIpc) is 3.55. The zero-order chi connectivity index (χ0) is 26.8. The number of hydrogen-bond acceptors (Lipinski definition) is 6. The maximum atomic E-state index is 11.4. The van der Waals surface area contributed by atoms with Crippen molar-refractivity contribution in [2.75, 3.05) is 26.8 Å². The number of aryl methyl sites for hydroxylation is 2. The fraction of sp³-hybridized carbons (Fsp3) is 0.407. The van der Waals surface area contributed by atoms with Crippen LogP contribution in [0, 0.1) is 13.8 Å². The first kappa shape index (κ1) is 30.3. The first-order valence-electron chi connectivity index (χ1n) is 11.8. The summed E-state index contributed by atoms with van der Waals surface area (Å²) in [7, 11) is 1.67. The van der Waals surface area contributed by atoms with Crippen molar-refractivity contribution in [3.8, 4) is 5.75 Å². The van der Waals surface area contributed by atoms with Crippen LogP contribution in [0.1, 0.15) is 30.9 Å². The highest BCUT2D eigenvalue weighted by molar-refractivity contribution is 5.93. The van der Waals surface area contributed by atoms with Gasteiger partial charge in [-0.3, -0.25) is 14.4 Å². The van der Waals surface area contributed by atoms with Crippen molar-refractivity contribution in [1.82, 2.24) is 16.0 Å². The molecule has 2 unspecified atom stereocenters. The molecule has 0 saturated carbocycles. The van der Waals surface area contributed by atoms with Gasteiger partial charge in [-0.15, -0.1) is 0 Å². The van der Waals surface area contributed by atoms with E-state index in [1.54, 1.807) is 7.11 Å². The third-order valence-corrected chi connectivity index (χ3v) is 4.81. The minimum atomic E-state index is -0.550. The first-order valence-corrected chi connectivity index (χ1v) is 11.8. The minimum absolute atomic E-state index is 0.0745. The Labute approximate surface area is 212 Å². The topological polar surface area (TPSA) is 126 Å². The number of carbonyl (C=O) groups excluding carboxylic acids is 4. The van der Waals surface area contributed by atoms with Crippen LogP contribution in [-0.2, 0) is 23.9 Å². The van der Waals surface area contributed by atoms with E-state index in [4.69, 9.17) is 9.47 Å². The molecule has 3 N–H and O–H groups in total. The van der Waals surface area contributed by atoms with E-state index in [1.165, 1.54) is 11.1 Å². The van der Waals surface area contributed by atoms with Gasteiger partial charge < -0.3 is 30.2 Å². The molecule has 3 amide bonds. The molecular formula is C27H37N3O6. The molecular weight excluding hydrogens is 462 g/mol. The Morgan fingerprint density at radius 1 is 1.06 bits per heavy atom. The Kier molecular flexibility index (Phi) is 14.9. The molecule has 0 aromatic heterocycles. The fourth-order valence-corrected chi connectivity index (χ4v) is 2.62. The smallest absolute Gasteiger partial charge is 0.243 e. The van der Waals surface area contributed by atoms with Crippen molar-refractivity contribution in [3.05, 3.63) is 65.7 Å². The summed E-state index contributed by atoms with van der Waals surface area (Å²) < 4.78 is 9.68. The van der Waals surface area contributed by atoms with Crippen molar-refractivity contribution in [2.45, 2.75) is 45.8 Å². The zero-order valence-corrected chi connectivity index (χ0v) is 21.4. The molecule has 0 radical (unpaired) electrons. The van der Waals surface area contributed by atoms with Crippen LogP contribution in [0.4, 0.5) is 0 Å². The van der Waals surface area contributed by atoms with Crippen molar-refractivity contribution >= 4 is 24.0 Å². The molecule has 0 spiro atoms. The van der Waals surface area contributed by atoms with Crippen LogP contribution < -0.4 is 20.7 Å². The highest BCUT2D eigenvalue weighted by atomic mass is 16.6. The predicted octanol–water partition coefficient (Wildman–Crippen LogP) is 2.10. The third-order valence-electron chi connectivity index (χ3n) is 4.81. The van der Waals surface area contributed by atoms with Crippen LogP contribution in [0.25, 0.3) is 0 Å². The number of aldehydes is 1. The fourth-order valence-electron chi connectivity index (χ4n) is 2.62. The summed E-state index contributed by atoms with van der Waals surface area (Å²) in [4.78, 5) is 43.2. The monoisotopic (exact) mass is 499 g/mol. The van der Waals surface area contributed by atoms with Crippen LogP contribution in [0.15, 0.2) is 54.6 Å². The second kappa shape index (κ2) is 17.7. The van der Waals surface area contributed by atoms with Gasteiger partial charge >= 0.3 is 0 Å². The summed E-state index contributed by atoms with van der Waals surface area (Å²) >= 11 is 0. The van der Waals surface area contributed by atoms with E-state index < -0.39 is 11.9 Å². The lowest BCUT2D eigenvalue weighted by Gasteiger charge is -2.10. The molecule has 9 heteroatoms. The number of hydrogen-bond donors (Lipinski definition) is 3. The number of amides is 3. The summed E-state index contributed by atoms with van der Waals surface area (Å²) in [6.07, 6.45) is 1.91. The number of nitrogens with one attached hydrogen (secondary N) is 3. The SMILES string of the molecule is CC1CO1.COc1ccc(C)cc1.Cc1ccccc1.O=CCNC(=O)CNC(=O)C1CCC(=O)N1. The van der Waals surface area contributed by atoms with E-state index >= 15 is 0 Å². The van der Waals surface area contributed by atoms with Crippen molar-refractivity contribution < 1.29 is 28.7 Å². The molecule has 36 heavy (non-hydrogen) atoms. The molecule has 2 fully saturated rings. The molecule has 2 heterocycles. The molecule has 2 saturated heterocycles. The Bertz CT molecular complexity index is 930. The van der Waals surface area contributed by atoms with Crippen LogP contribution in [0.2, 0.25) is 0 Å². The molecule has 0 bridgehead atoms. The maximum absolute atomic E-state index is 11.4. The van der Waals surface area contributed by atoms with E-state index in [-0.39, 0.29) is 24.9 Å². The van der Waals surface area contributed by atoms with Gasteiger partial charge in [0.1, 0.15) is 18.1 Å². The lowest BCUT2D eigenvalue weighted by atomic mass is 10.2. The molecule has 9 nitrogen and oxygen atoms in total. The van der Waals surface area contributed by atoms with Crippen molar-refractivity contribution in [1.29, 1.82) is 0 Å². The number of epoxide rings is 1. The highest BCUT2D eigenvalue weighted by Crippen LogP contribution is 2.09. The molecule has 2 aromatic carbocycles. The molecule has 2 aromatic rings. The Hall–Kier alpha value is -3.72. The van der Waals surface area contributed by atoms with E-state index in [0.29, 0.717) is 25.2 Å². The average molecular weight is 500 g/mol. The van der Waals surface area contributed by atoms with Crippen LogP contribution >= 0.6 is 0 Å².